The molecule has 2 unspecified atom stereocenters. The van der Waals surface area contributed by atoms with E-state index in [4.69, 9.17) is 5.73 Å². The first kappa shape index (κ1) is 10.2. The molecule has 0 fully saturated rings. The van der Waals surface area contributed by atoms with Gasteiger partial charge in [0.25, 0.3) is 0 Å². The van der Waals surface area contributed by atoms with Crippen LogP contribution in [0.15, 0.2) is 30.3 Å². The standard InChI is InChI=1S/C13H18N2/c1-9-7-12(8-10(2)15-9)11-3-5-13(14)6-4-11/h3-7,9-10,15H,8,14H2,1-2H3. The quantitative estimate of drug-likeness (QED) is 0.686. The van der Waals surface area contributed by atoms with Crippen LogP contribution in [0, 0.1) is 0 Å². The zero-order chi connectivity index (χ0) is 10.8. The van der Waals surface area contributed by atoms with Crippen LogP contribution in [0.3, 0.4) is 0 Å². The third-order valence-electron chi connectivity index (χ3n) is 2.81. The Labute approximate surface area is 91.2 Å². The summed E-state index contributed by atoms with van der Waals surface area (Å²) in [5.41, 5.74) is 9.23. The monoisotopic (exact) mass is 202 g/mol. The molecule has 1 aromatic carbocycles. The van der Waals surface area contributed by atoms with Gasteiger partial charge in [-0.05, 0) is 43.5 Å². The normalized spacial score (nSPS) is 26.1. The molecule has 80 valence electrons. The predicted octanol–water partition coefficient (Wildman–Crippen LogP) is 2.42. The van der Waals surface area contributed by atoms with Crippen molar-refractivity contribution in [2.24, 2.45) is 0 Å². The zero-order valence-corrected chi connectivity index (χ0v) is 9.33. The van der Waals surface area contributed by atoms with Gasteiger partial charge in [-0.3, -0.25) is 0 Å². The highest BCUT2D eigenvalue weighted by molar-refractivity contribution is 5.68. The van der Waals surface area contributed by atoms with E-state index in [1.165, 1.54) is 11.1 Å². The fourth-order valence-corrected chi connectivity index (χ4v) is 2.17. The molecule has 0 amide bonds. The molecule has 0 saturated carbocycles. The fraction of sp³-hybridized carbons (Fsp3) is 0.385. The first-order valence-electron chi connectivity index (χ1n) is 5.48. The molecule has 0 radical (unpaired) electrons. The number of nitrogens with one attached hydrogen (secondary N) is 1. The van der Waals surface area contributed by atoms with Gasteiger partial charge >= 0.3 is 0 Å². The van der Waals surface area contributed by atoms with Crippen LogP contribution < -0.4 is 11.1 Å². The summed E-state index contributed by atoms with van der Waals surface area (Å²) >= 11 is 0. The van der Waals surface area contributed by atoms with E-state index in [2.05, 4.69) is 37.4 Å². The first-order chi connectivity index (χ1) is 7.15. The minimum atomic E-state index is 0.460. The van der Waals surface area contributed by atoms with Crippen LogP contribution in [-0.2, 0) is 0 Å². The Kier molecular flexibility index (Phi) is 2.78. The molecule has 1 aliphatic rings. The highest BCUT2D eigenvalue weighted by Gasteiger charge is 2.15. The molecule has 2 rings (SSSR count). The van der Waals surface area contributed by atoms with E-state index in [1.54, 1.807) is 0 Å². The van der Waals surface area contributed by atoms with Gasteiger partial charge in [-0.15, -0.1) is 0 Å². The molecule has 2 atom stereocenters. The van der Waals surface area contributed by atoms with E-state index in [0.29, 0.717) is 12.1 Å². The van der Waals surface area contributed by atoms with Crippen LogP contribution in [0.4, 0.5) is 5.69 Å². The molecule has 1 aliphatic heterocycles. The molecule has 0 spiro atoms. The molecular weight excluding hydrogens is 184 g/mol. The number of anilines is 1. The van der Waals surface area contributed by atoms with Crippen LogP contribution in [0.25, 0.3) is 5.57 Å². The van der Waals surface area contributed by atoms with E-state index in [-0.39, 0.29) is 0 Å². The second-order valence-electron chi connectivity index (χ2n) is 4.37. The van der Waals surface area contributed by atoms with Crippen molar-refractivity contribution in [3.8, 4) is 0 Å². The van der Waals surface area contributed by atoms with Crippen molar-refractivity contribution in [2.75, 3.05) is 5.73 Å². The van der Waals surface area contributed by atoms with Gasteiger partial charge < -0.3 is 11.1 Å². The SMILES string of the molecule is CC1C=C(c2ccc(N)cc2)CC(C)N1. The van der Waals surface area contributed by atoms with E-state index in [9.17, 15) is 0 Å². The minimum Gasteiger partial charge on any atom is -0.399 e. The lowest BCUT2D eigenvalue weighted by Crippen LogP contribution is -2.36. The number of rotatable bonds is 1. The molecule has 0 bridgehead atoms. The van der Waals surface area contributed by atoms with Gasteiger partial charge in [-0.2, -0.15) is 0 Å². The van der Waals surface area contributed by atoms with Crippen molar-refractivity contribution in [3.63, 3.8) is 0 Å². The van der Waals surface area contributed by atoms with Gasteiger partial charge in [0.2, 0.25) is 0 Å². The molecule has 2 nitrogen and oxygen atoms in total. The van der Waals surface area contributed by atoms with Crippen LogP contribution >= 0.6 is 0 Å². The lowest BCUT2D eigenvalue weighted by Gasteiger charge is -2.26. The Balaban J connectivity index is 2.26. The van der Waals surface area contributed by atoms with Crippen molar-refractivity contribution in [1.82, 2.24) is 5.32 Å². The smallest absolute Gasteiger partial charge is 0.0314 e. The second kappa shape index (κ2) is 4.07. The third kappa shape index (κ3) is 2.39. The van der Waals surface area contributed by atoms with Crippen molar-refractivity contribution >= 4 is 11.3 Å². The Hall–Kier alpha value is -1.28. The van der Waals surface area contributed by atoms with Crippen molar-refractivity contribution in [1.29, 1.82) is 0 Å². The van der Waals surface area contributed by atoms with Gasteiger partial charge in [-0.25, -0.2) is 0 Å². The second-order valence-corrected chi connectivity index (χ2v) is 4.37. The van der Waals surface area contributed by atoms with Crippen molar-refractivity contribution in [2.45, 2.75) is 32.4 Å². The van der Waals surface area contributed by atoms with Gasteiger partial charge in [0.1, 0.15) is 0 Å². The average molecular weight is 202 g/mol. The first-order valence-corrected chi connectivity index (χ1v) is 5.48. The highest BCUT2D eigenvalue weighted by Crippen LogP contribution is 2.24. The number of nitrogens with two attached hydrogens (primary N) is 1. The van der Waals surface area contributed by atoms with Gasteiger partial charge in [0, 0.05) is 17.8 Å². The Morgan fingerprint density at radius 3 is 2.47 bits per heavy atom. The summed E-state index contributed by atoms with van der Waals surface area (Å²) < 4.78 is 0. The summed E-state index contributed by atoms with van der Waals surface area (Å²) in [6.45, 7) is 4.41. The lowest BCUT2D eigenvalue weighted by molar-refractivity contribution is 0.506. The number of nitrogen functional groups attached to an aromatic ring is 1. The maximum Gasteiger partial charge on any atom is 0.0314 e. The van der Waals surface area contributed by atoms with Crippen LogP contribution in [-0.4, -0.2) is 12.1 Å². The zero-order valence-electron chi connectivity index (χ0n) is 9.33. The predicted molar refractivity (Wildman–Crippen MR) is 65.5 cm³/mol. The van der Waals surface area contributed by atoms with Crippen molar-refractivity contribution in [3.05, 3.63) is 35.9 Å². The van der Waals surface area contributed by atoms with E-state index in [0.717, 1.165) is 12.1 Å². The molecule has 0 aromatic heterocycles. The van der Waals surface area contributed by atoms with Crippen LogP contribution in [0.5, 0.6) is 0 Å². The Morgan fingerprint density at radius 2 is 1.87 bits per heavy atom. The largest absolute Gasteiger partial charge is 0.399 e. The molecule has 3 N–H and O–H groups in total. The van der Waals surface area contributed by atoms with Crippen LogP contribution in [0.1, 0.15) is 25.8 Å². The molecule has 0 aliphatic carbocycles. The molecule has 0 saturated heterocycles. The fourth-order valence-electron chi connectivity index (χ4n) is 2.17. The van der Waals surface area contributed by atoms with Gasteiger partial charge in [0.15, 0.2) is 0 Å². The molecule has 1 heterocycles. The summed E-state index contributed by atoms with van der Waals surface area (Å²) in [5, 5.41) is 3.49. The maximum atomic E-state index is 5.68. The van der Waals surface area contributed by atoms with E-state index < -0.39 is 0 Å². The molecule has 1 aromatic rings. The Bertz CT molecular complexity index is 365. The van der Waals surface area contributed by atoms with Crippen molar-refractivity contribution < 1.29 is 0 Å². The summed E-state index contributed by atoms with van der Waals surface area (Å²) in [5.74, 6) is 0. The summed E-state index contributed by atoms with van der Waals surface area (Å²) in [6, 6.07) is 9.15. The highest BCUT2D eigenvalue weighted by atomic mass is 14.9. The number of benzene rings is 1. The van der Waals surface area contributed by atoms with Crippen LogP contribution in [0.2, 0.25) is 0 Å². The van der Waals surface area contributed by atoms with Gasteiger partial charge in [-0.1, -0.05) is 18.2 Å². The summed E-state index contributed by atoms with van der Waals surface area (Å²) in [6.07, 6.45) is 3.39. The molecule has 15 heavy (non-hydrogen) atoms. The van der Waals surface area contributed by atoms with E-state index >= 15 is 0 Å². The number of hydrogen-bond donors (Lipinski definition) is 2. The molecule has 2 heteroatoms. The van der Waals surface area contributed by atoms with E-state index in [1.807, 2.05) is 12.1 Å². The average Bonchev–Trinajstić information content (AvgIpc) is 2.17. The summed E-state index contributed by atoms with van der Waals surface area (Å²) in [4.78, 5) is 0. The minimum absolute atomic E-state index is 0.460. The summed E-state index contributed by atoms with van der Waals surface area (Å²) in [7, 11) is 0. The third-order valence-corrected chi connectivity index (χ3v) is 2.81. The maximum absolute atomic E-state index is 5.68. The topological polar surface area (TPSA) is 38.0 Å². The Morgan fingerprint density at radius 1 is 1.20 bits per heavy atom. The molecular formula is C13H18N2. The van der Waals surface area contributed by atoms with Gasteiger partial charge in [0.05, 0.1) is 0 Å². The lowest BCUT2D eigenvalue weighted by atomic mass is 9.93. The number of hydrogen-bond acceptors (Lipinski definition) is 2.